The van der Waals surface area contributed by atoms with Crippen LogP contribution in [0.25, 0.3) is 0 Å². The number of carbonyl (C=O) groups is 1. The van der Waals surface area contributed by atoms with Gasteiger partial charge in [0, 0.05) is 0 Å². The molecule has 0 aliphatic heterocycles. The zero-order chi connectivity index (χ0) is 13.1. The van der Waals surface area contributed by atoms with Crippen molar-refractivity contribution in [3.05, 3.63) is 47.0 Å². The summed E-state index contributed by atoms with van der Waals surface area (Å²) in [6.45, 7) is 2.85. The molecule has 1 aromatic rings. The van der Waals surface area contributed by atoms with Crippen LogP contribution in [0.5, 0.6) is 0 Å². The number of benzene rings is 1. The maximum Gasteiger partial charge on any atom is 0.416 e. The molecule has 0 aliphatic rings. The summed E-state index contributed by atoms with van der Waals surface area (Å²) in [5, 5.41) is -0.322. The van der Waals surface area contributed by atoms with E-state index in [1.165, 1.54) is 12.1 Å². The fourth-order valence-corrected chi connectivity index (χ4v) is 1.12. The molecular formula is C11H8ClF3O2. The molecule has 92 valence electrons. The second kappa shape index (κ2) is 5.23. The van der Waals surface area contributed by atoms with Crippen molar-refractivity contribution >= 4 is 17.6 Å². The normalized spacial score (nSPS) is 11.1. The molecule has 0 radical (unpaired) electrons. The van der Waals surface area contributed by atoms with E-state index in [0.29, 0.717) is 0 Å². The summed E-state index contributed by atoms with van der Waals surface area (Å²) in [5.41, 5.74) is -0.568. The highest BCUT2D eigenvalue weighted by molar-refractivity contribution is 6.40. The summed E-state index contributed by atoms with van der Waals surface area (Å²) in [6.07, 6.45) is -4.42. The van der Waals surface area contributed by atoms with Gasteiger partial charge in [0.1, 0.15) is 11.6 Å². The van der Waals surface area contributed by atoms with Crippen LogP contribution >= 0.6 is 11.6 Å². The first kappa shape index (κ1) is 13.6. The molecule has 0 saturated carbocycles. The summed E-state index contributed by atoms with van der Waals surface area (Å²) in [4.78, 5) is 10.9. The largest absolute Gasteiger partial charge is 0.457 e. The van der Waals surface area contributed by atoms with E-state index in [-0.39, 0.29) is 17.2 Å². The number of alkyl halides is 3. The Morgan fingerprint density at radius 2 is 2.06 bits per heavy atom. The van der Waals surface area contributed by atoms with Gasteiger partial charge in [-0.3, -0.25) is 0 Å². The van der Waals surface area contributed by atoms with Gasteiger partial charge >= 0.3 is 12.1 Å². The van der Waals surface area contributed by atoms with Gasteiger partial charge in [0.15, 0.2) is 0 Å². The lowest BCUT2D eigenvalue weighted by molar-refractivity contribution is -0.139. The monoisotopic (exact) mass is 264 g/mol. The first-order valence-electron chi connectivity index (χ1n) is 4.48. The van der Waals surface area contributed by atoms with E-state index in [1.807, 2.05) is 0 Å². The summed E-state index contributed by atoms with van der Waals surface area (Å²) in [7, 11) is 0. The smallest absolute Gasteiger partial charge is 0.416 e. The van der Waals surface area contributed by atoms with Crippen molar-refractivity contribution < 1.29 is 22.7 Å². The Balaban J connectivity index is 2.73. The molecule has 0 heterocycles. The maximum atomic E-state index is 12.4. The first-order valence-corrected chi connectivity index (χ1v) is 4.86. The van der Waals surface area contributed by atoms with Gasteiger partial charge in [0.05, 0.1) is 5.56 Å². The minimum Gasteiger partial charge on any atom is -0.457 e. The zero-order valence-corrected chi connectivity index (χ0v) is 9.31. The minimum atomic E-state index is -4.42. The Morgan fingerprint density at radius 1 is 1.41 bits per heavy atom. The van der Waals surface area contributed by atoms with Crippen LogP contribution < -0.4 is 0 Å². The molecule has 0 aromatic heterocycles. The highest BCUT2D eigenvalue weighted by atomic mass is 35.5. The number of carbonyl (C=O) groups excluding carboxylic acids is 1. The molecule has 2 nitrogen and oxygen atoms in total. The standard InChI is InChI=1S/C11H8ClF3O2/c1-7(12)10(16)17-6-8-3-2-4-9(5-8)11(13,14)15/h2-5H,1,6H2. The summed E-state index contributed by atoms with van der Waals surface area (Å²) < 4.78 is 41.7. The van der Waals surface area contributed by atoms with Gasteiger partial charge in [0.25, 0.3) is 0 Å². The molecule has 0 aliphatic carbocycles. The third-order valence-electron chi connectivity index (χ3n) is 1.85. The van der Waals surface area contributed by atoms with Crippen LogP contribution in [0.4, 0.5) is 13.2 Å². The van der Waals surface area contributed by atoms with Gasteiger partial charge < -0.3 is 4.74 Å². The van der Waals surface area contributed by atoms with Crippen LogP contribution in [0.15, 0.2) is 35.9 Å². The van der Waals surface area contributed by atoms with Gasteiger partial charge in [-0.05, 0) is 17.7 Å². The number of rotatable bonds is 3. The Kier molecular flexibility index (Phi) is 4.17. The quantitative estimate of drug-likeness (QED) is 0.617. The molecule has 0 bridgehead atoms. The lowest BCUT2D eigenvalue weighted by Crippen LogP contribution is -2.07. The van der Waals surface area contributed by atoms with E-state index in [9.17, 15) is 18.0 Å². The molecule has 0 atom stereocenters. The lowest BCUT2D eigenvalue weighted by atomic mass is 10.1. The van der Waals surface area contributed by atoms with Crippen molar-refractivity contribution in [3.8, 4) is 0 Å². The molecular weight excluding hydrogens is 257 g/mol. The summed E-state index contributed by atoms with van der Waals surface area (Å²) in [6, 6.07) is 4.50. The fraction of sp³-hybridized carbons (Fsp3) is 0.182. The molecule has 0 N–H and O–H groups in total. The van der Waals surface area contributed by atoms with Gasteiger partial charge in [-0.25, -0.2) is 4.79 Å². The SMILES string of the molecule is C=C(Cl)C(=O)OCc1cccc(C(F)(F)F)c1. The van der Waals surface area contributed by atoms with Crippen LogP contribution in [0.2, 0.25) is 0 Å². The van der Waals surface area contributed by atoms with Crippen molar-refractivity contribution in [2.24, 2.45) is 0 Å². The van der Waals surface area contributed by atoms with Crippen LogP contribution in [-0.2, 0) is 22.3 Å². The topological polar surface area (TPSA) is 26.3 Å². The van der Waals surface area contributed by atoms with Crippen molar-refractivity contribution in [2.45, 2.75) is 12.8 Å². The molecule has 0 amide bonds. The second-order valence-corrected chi connectivity index (χ2v) is 3.64. The average molecular weight is 265 g/mol. The highest BCUT2D eigenvalue weighted by Gasteiger charge is 2.30. The molecule has 17 heavy (non-hydrogen) atoms. The lowest BCUT2D eigenvalue weighted by Gasteiger charge is -2.08. The molecule has 6 heteroatoms. The second-order valence-electron chi connectivity index (χ2n) is 3.18. The van der Waals surface area contributed by atoms with Gasteiger partial charge in [-0.2, -0.15) is 13.2 Å². The van der Waals surface area contributed by atoms with E-state index in [2.05, 4.69) is 11.3 Å². The number of hydrogen-bond donors (Lipinski definition) is 0. The molecule has 0 fully saturated rings. The Morgan fingerprint density at radius 3 is 2.59 bits per heavy atom. The number of hydrogen-bond acceptors (Lipinski definition) is 2. The van der Waals surface area contributed by atoms with E-state index in [1.54, 1.807) is 0 Å². The third-order valence-corrected chi connectivity index (χ3v) is 2.00. The highest BCUT2D eigenvalue weighted by Crippen LogP contribution is 2.29. The maximum absolute atomic E-state index is 12.4. The number of halogens is 4. The van der Waals surface area contributed by atoms with E-state index < -0.39 is 17.7 Å². The third kappa shape index (κ3) is 4.11. The summed E-state index contributed by atoms with van der Waals surface area (Å²) >= 11 is 5.25. The van der Waals surface area contributed by atoms with E-state index in [0.717, 1.165) is 12.1 Å². The van der Waals surface area contributed by atoms with Crippen LogP contribution in [0, 0.1) is 0 Å². The molecule has 0 unspecified atom stereocenters. The molecule has 0 spiro atoms. The molecule has 1 rings (SSSR count). The van der Waals surface area contributed by atoms with Crippen LogP contribution in [0.1, 0.15) is 11.1 Å². The zero-order valence-electron chi connectivity index (χ0n) is 8.55. The predicted molar refractivity (Wildman–Crippen MR) is 56.2 cm³/mol. The van der Waals surface area contributed by atoms with Crippen LogP contribution in [-0.4, -0.2) is 5.97 Å². The van der Waals surface area contributed by atoms with Crippen molar-refractivity contribution in [1.82, 2.24) is 0 Å². The van der Waals surface area contributed by atoms with Crippen molar-refractivity contribution in [3.63, 3.8) is 0 Å². The van der Waals surface area contributed by atoms with E-state index >= 15 is 0 Å². The summed E-state index contributed by atoms with van der Waals surface area (Å²) in [5.74, 6) is -0.857. The van der Waals surface area contributed by atoms with Gasteiger partial charge in [-0.1, -0.05) is 30.3 Å². The van der Waals surface area contributed by atoms with Gasteiger partial charge in [-0.15, -0.1) is 0 Å². The first-order chi connectivity index (χ1) is 7.80. The minimum absolute atomic E-state index is 0.228. The van der Waals surface area contributed by atoms with Gasteiger partial charge in [0.2, 0.25) is 0 Å². The molecule has 0 saturated heterocycles. The predicted octanol–water partition coefficient (Wildman–Crippen LogP) is 3.50. The van der Waals surface area contributed by atoms with Crippen molar-refractivity contribution in [2.75, 3.05) is 0 Å². The van der Waals surface area contributed by atoms with Crippen LogP contribution in [0.3, 0.4) is 0 Å². The fourth-order valence-electron chi connectivity index (χ4n) is 1.06. The number of esters is 1. The Bertz CT molecular complexity index is 441. The Labute approximate surface area is 101 Å². The van der Waals surface area contributed by atoms with E-state index in [4.69, 9.17) is 11.6 Å². The van der Waals surface area contributed by atoms with Crippen molar-refractivity contribution in [1.29, 1.82) is 0 Å². The molecule has 1 aromatic carbocycles. The number of ether oxygens (including phenoxy) is 1. The Hall–Kier alpha value is -1.49. The average Bonchev–Trinajstić information content (AvgIpc) is 2.25.